The first-order valence-electron chi connectivity index (χ1n) is 11.6. The fourth-order valence-corrected chi connectivity index (χ4v) is 4.29. The van der Waals surface area contributed by atoms with Crippen molar-refractivity contribution in [3.63, 3.8) is 0 Å². The zero-order valence-corrected chi connectivity index (χ0v) is 20.0. The molecule has 2 aromatic heterocycles. The van der Waals surface area contributed by atoms with Gasteiger partial charge in [0.2, 0.25) is 5.60 Å². The summed E-state index contributed by atoms with van der Waals surface area (Å²) in [7, 11) is 0. The van der Waals surface area contributed by atoms with E-state index in [1.807, 2.05) is 50.2 Å². The van der Waals surface area contributed by atoms with E-state index in [4.69, 9.17) is 19.9 Å². The first-order chi connectivity index (χ1) is 17.2. The number of hydrogen-bond donors (Lipinski definition) is 3. The molecule has 1 aromatic carbocycles. The van der Waals surface area contributed by atoms with Crippen molar-refractivity contribution in [3.8, 4) is 6.07 Å². The van der Waals surface area contributed by atoms with E-state index < -0.39 is 36.2 Å². The predicted octanol–water partition coefficient (Wildman–Crippen LogP) is 1.33. The SMILES string of the molecule is CC(C)CC(=O)O[C@H]1[C@@H](O)[C@](C#N)(c2ccc3c(N)ncnn23)O[C@@H]1COC(O)Cc1ccccc1. The van der Waals surface area contributed by atoms with Crippen LogP contribution in [0.4, 0.5) is 5.82 Å². The van der Waals surface area contributed by atoms with E-state index in [2.05, 4.69) is 10.1 Å². The van der Waals surface area contributed by atoms with Gasteiger partial charge in [-0.05, 0) is 23.6 Å². The van der Waals surface area contributed by atoms with E-state index in [1.165, 1.54) is 10.8 Å². The maximum Gasteiger partial charge on any atom is 0.306 e. The van der Waals surface area contributed by atoms with Gasteiger partial charge in [0.25, 0.3) is 0 Å². The number of anilines is 1. The van der Waals surface area contributed by atoms with E-state index in [9.17, 15) is 20.3 Å². The van der Waals surface area contributed by atoms with Crippen molar-refractivity contribution in [2.24, 2.45) is 5.92 Å². The summed E-state index contributed by atoms with van der Waals surface area (Å²) in [6.45, 7) is 3.48. The molecule has 5 atom stereocenters. The smallest absolute Gasteiger partial charge is 0.306 e. The molecular formula is C25H29N5O6. The highest BCUT2D eigenvalue weighted by Crippen LogP contribution is 2.42. The number of aliphatic hydroxyl groups is 2. The Morgan fingerprint density at radius 3 is 2.75 bits per heavy atom. The zero-order valence-electron chi connectivity index (χ0n) is 20.0. The molecule has 3 heterocycles. The number of benzene rings is 1. The fraction of sp³-hybridized carbons (Fsp3) is 0.440. The van der Waals surface area contributed by atoms with E-state index in [0.29, 0.717) is 5.52 Å². The summed E-state index contributed by atoms with van der Waals surface area (Å²) in [5, 5.41) is 36.1. The number of nitriles is 1. The van der Waals surface area contributed by atoms with Crippen molar-refractivity contribution in [1.29, 1.82) is 5.26 Å². The van der Waals surface area contributed by atoms with Gasteiger partial charge in [-0.2, -0.15) is 10.4 Å². The Labute approximate surface area is 208 Å². The zero-order chi connectivity index (χ0) is 25.9. The van der Waals surface area contributed by atoms with Crippen LogP contribution in [0.5, 0.6) is 0 Å². The predicted molar refractivity (Wildman–Crippen MR) is 127 cm³/mol. The van der Waals surface area contributed by atoms with Gasteiger partial charge in [0.05, 0.1) is 12.3 Å². The topological polar surface area (TPSA) is 165 Å². The summed E-state index contributed by atoms with van der Waals surface area (Å²) in [5.74, 6) is -0.345. The average Bonchev–Trinajstić information content (AvgIpc) is 3.39. The van der Waals surface area contributed by atoms with Gasteiger partial charge in [0, 0.05) is 12.8 Å². The molecule has 0 bridgehead atoms. The summed E-state index contributed by atoms with van der Waals surface area (Å²) in [4.78, 5) is 16.5. The normalized spacial score (nSPS) is 24.6. The van der Waals surface area contributed by atoms with Gasteiger partial charge in [0.1, 0.15) is 30.1 Å². The van der Waals surface area contributed by atoms with Gasteiger partial charge in [-0.15, -0.1) is 0 Å². The van der Waals surface area contributed by atoms with Crippen LogP contribution in [0.3, 0.4) is 0 Å². The van der Waals surface area contributed by atoms with Crippen LogP contribution in [0.25, 0.3) is 5.52 Å². The second-order valence-corrected chi connectivity index (χ2v) is 9.14. The van der Waals surface area contributed by atoms with Crippen LogP contribution in [0.1, 0.15) is 31.5 Å². The molecule has 1 fully saturated rings. The van der Waals surface area contributed by atoms with Gasteiger partial charge < -0.3 is 30.2 Å². The fourth-order valence-electron chi connectivity index (χ4n) is 4.29. The van der Waals surface area contributed by atoms with Crippen molar-refractivity contribution >= 4 is 17.3 Å². The molecule has 1 aliphatic rings. The van der Waals surface area contributed by atoms with E-state index >= 15 is 0 Å². The van der Waals surface area contributed by atoms with Crippen molar-refractivity contribution in [1.82, 2.24) is 14.6 Å². The molecule has 1 unspecified atom stereocenters. The maximum absolute atomic E-state index is 12.5. The van der Waals surface area contributed by atoms with Gasteiger partial charge in [0.15, 0.2) is 18.2 Å². The number of nitrogens with two attached hydrogens (primary N) is 1. The quantitative estimate of drug-likeness (QED) is 0.291. The van der Waals surface area contributed by atoms with Crippen LogP contribution in [-0.2, 0) is 31.0 Å². The molecule has 0 aliphatic carbocycles. The lowest BCUT2D eigenvalue weighted by Crippen LogP contribution is -2.43. The van der Waals surface area contributed by atoms with Crippen LogP contribution < -0.4 is 5.73 Å². The largest absolute Gasteiger partial charge is 0.457 e. The molecule has 11 heteroatoms. The number of nitrogen functional groups attached to an aromatic ring is 1. The Hall–Kier alpha value is -3.56. The Morgan fingerprint density at radius 1 is 1.31 bits per heavy atom. The van der Waals surface area contributed by atoms with Crippen LogP contribution in [0.15, 0.2) is 48.8 Å². The second kappa shape index (κ2) is 10.6. The van der Waals surface area contributed by atoms with Gasteiger partial charge >= 0.3 is 5.97 Å². The van der Waals surface area contributed by atoms with Crippen molar-refractivity contribution < 1.29 is 29.2 Å². The first-order valence-corrected chi connectivity index (χ1v) is 11.6. The van der Waals surface area contributed by atoms with E-state index in [0.717, 1.165) is 5.56 Å². The standard InChI is InChI=1S/C25H29N5O6/c1-15(2)10-21(32)35-22-18(12-34-20(31)11-16-6-4-3-5-7-16)36-25(13-26,23(22)33)19-9-8-17-24(27)28-14-29-30(17)19/h3-9,14-15,18,20,22-23,31,33H,10-12H2,1-2H3,(H2,27,28,29)/t18-,20?,22-,23-,25+/m1/s1. The molecule has 0 amide bonds. The Bertz CT molecular complexity index is 1240. The lowest BCUT2D eigenvalue weighted by molar-refractivity contribution is -0.165. The summed E-state index contributed by atoms with van der Waals surface area (Å²) in [6.07, 6.45) is -3.48. The number of rotatable bonds is 9. The van der Waals surface area contributed by atoms with Gasteiger partial charge in [-0.1, -0.05) is 44.2 Å². The molecule has 4 N–H and O–H groups in total. The number of hydrogen-bond acceptors (Lipinski definition) is 10. The number of ether oxygens (including phenoxy) is 3. The highest BCUT2D eigenvalue weighted by atomic mass is 16.6. The number of esters is 1. The van der Waals surface area contributed by atoms with Crippen molar-refractivity contribution in [2.75, 3.05) is 12.3 Å². The third kappa shape index (κ3) is 5.03. The molecule has 0 saturated carbocycles. The summed E-state index contributed by atoms with van der Waals surface area (Å²) in [5.41, 5.74) is 5.45. The summed E-state index contributed by atoms with van der Waals surface area (Å²) in [6, 6.07) is 14.5. The summed E-state index contributed by atoms with van der Waals surface area (Å²) >= 11 is 0. The molecule has 36 heavy (non-hydrogen) atoms. The monoisotopic (exact) mass is 495 g/mol. The maximum atomic E-state index is 12.5. The second-order valence-electron chi connectivity index (χ2n) is 9.14. The third-order valence-corrected chi connectivity index (χ3v) is 6.01. The molecule has 1 saturated heterocycles. The Morgan fingerprint density at radius 2 is 2.06 bits per heavy atom. The van der Waals surface area contributed by atoms with E-state index in [1.54, 1.807) is 12.1 Å². The number of carbonyl (C=O) groups excluding carboxylic acids is 1. The number of carbonyl (C=O) groups is 1. The molecule has 11 nitrogen and oxygen atoms in total. The van der Waals surface area contributed by atoms with Crippen molar-refractivity contribution in [2.45, 2.75) is 56.9 Å². The number of nitrogens with zero attached hydrogens (tertiary/aromatic N) is 4. The molecular weight excluding hydrogens is 466 g/mol. The lowest BCUT2D eigenvalue weighted by atomic mass is 9.92. The van der Waals surface area contributed by atoms with Crippen LogP contribution in [-0.4, -0.2) is 62.0 Å². The lowest BCUT2D eigenvalue weighted by Gasteiger charge is -2.24. The highest BCUT2D eigenvalue weighted by molar-refractivity contribution is 5.70. The average molecular weight is 496 g/mol. The van der Waals surface area contributed by atoms with Crippen LogP contribution in [0.2, 0.25) is 0 Å². The Kier molecular flexibility index (Phi) is 7.51. The Balaban J connectivity index is 1.61. The minimum atomic E-state index is -1.95. The first kappa shape index (κ1) is 25.5. The molecule has 190 valence electrons. The van der Waals surface area contributed by atoms with Gasteiger partial charge in [-0.25, -0.2) is 9.50 Å². The molecule has 3 aromatic rings. The molecule has 0 spiro atoms. The summed E-state index contributed by atoms with van der Waals surface area (Å²) < 4.78 is 18.6. The number of aliphatic hydroxyl groups excluding tert-OH is 2. The minimum Gasteiger partial charge on any atom is -0.457 e. The van der Waals surface area contributed by atoms with Gasteiger partial charge in [-0.3, -0.25) is 4.79 Å². The van der Waals surface area contributed by atoms with Crippen LogP contribution in [0, 0.1) is 17.2 Å². The molecule has 4 rings (SSSR count). The number of aromatic nitrogens is 3. The molecule has 0 radical (unpaired) electrons. The number of fused-ring (bicyclic) bond motifs is 1. The van der Waals surface area contributed by atoms with Crippen molar-refractivity contribution in [3.05, 3.63) is 60.0 Å². The van der Waals surface area contributed by atoms with E-state index in [-0.39, 0.29) is 36.9 Å². The molecule has 1 aliphatic heterocycles. The highest BCUT2D eigenvalue weighted by Gasteiger charge is 2.59. The minimum absolute atomic E-state index is 0.0225. The third-order valence-electron chi connectivity index (χ3n) is 6.01. The van der Waals surface area contributed by atoms with Crippen LogP contribution >= 0.6 is 0 Å².